The molecule has 3 aliphatic rings. The van der Waals surface area contributed by atoms with Crippen molar-refractivity contribution in [2.45, 2.75) is 70.4 Å². The van der Waals surface area contributed by atoms with Crippen molar-refractivity contribution in [1.29, 1.82) is 5.26 Å². The van der Waals surface area contributed by atoms with E-state index in [4.69, 9.17) is 14.5 Å². The first-order valence-electron chi connectivity index (χ1n) is 13.3. The fraction of sp³-hybridized carbons (Fsp3) is 0.552. The van der Waals surface area contributed by atoms with Crippen molar-refractivity contribution in [3.05, 3.63) is 52.2 Å². The molecule has 1 unspecified atom stereocenters. The largest absolute Gasteiger partial charge is 0.497 e. The Hall–Kier alpha value is -3.11. The van der Waals surface area contributed by atoms with Crippen molar-refractivity contribution < 1.29 is 14.3 Å². The molecule has 2 aromatic rings. The molecule has 0 radical (unpaired) electrons. The molecule has 1 aromatic carbocycles. The van der Waals surface area contributed by atoms with Crippen molar-refractivity contribution in [1.82, 2.24) is 9.88 Å². The first-order chi connectivity index (χ1) is 17.6. The van der Waals surface area contributed by atoms with Gasteiger partial charge in [0.2, 0.25) is 5.91 Å². The van der Waals surface area contributed by atoms with Gasteiger partial charge in [-0.05, 0) is 49.4 Å². The van der Waals surface area contributed by atoms with Crippen LogP contribution in [0.2, 0.25) is 0 Å². The quantitative estimate of drug-likeness (QED) is 0.622. The molecule has 2 aliphatic heterocycles. The number of carbonyl (C=O) groups excluding carboxylic acids is 1. The van der Waals surface area contributed by atoms with E-state index in [1.807, 2.05) is 29.2 Å². The fourth-order valence-electron chi connectivity index (χ4n) is 6.10. The number of anilines is 1. The maximum Gasteiger partial charge on any atom is 0.227 e. The first kappa shape index (κ1) is 24.6. The molecule has 5 rings (SSSR count). The number of carbonyl (C=O) groups is 1. The monoisotopic (exact) mass is 488 g/mol. The minimum absolute atomic E-state index is 0.0303. The van der Waals surface area contributed by atoms with Crippen molar-refractivity contribution in [3.63, 3.8) is 0 Å². The predicted octanol–water partition coefficient (Wildman–Crippen LogP) is 4.36. The maximum absolute atomic E-state index is 13.2. The Balaban J connectivity index is 1.38. The van der Waals surface area contributed by atoms with E-state index < -0.39 is 0 Å². The zero-order chi connectivity index (χ0) is 25.1. The number of rotatable bonds is 5. The van der Waals surface area contributed by atoms with Gasteiger partial charge in [0.25, 0.3) is 0 Å². The SMILES string of the molecule is COc1cccc(CC(=O)N2CCN(c3nc(C4CCCCC4)c4c(c3C#N)CCOC4)CC2C)c1. The third-order valence-electron chi connectivity index (χ3n) is 8.01. The molecule has 7 heteroatoms. The Morgan fingerprint density at radius 2 is 2.06 bits per heavy atom. The summed E-state index contributed by atoms with van der Waals surface area (Å²) in [4.78, 5) is 22.6. The molecule has 2 fully saturated rings. The van der Waals surface area contributed by atoms with E-state index in [1.165, 1.54) is 19.3 Å². The summed E-state index contributed by atoms with van der Waals surface area (Å²) in [5.74, 6) is 2.14. The van der Waals surface area contributed by atoms with Crippen molar-refractivity contribution in [2.24, 2.45) is 0 Å². The molecule has 0 N–H and O–H groups in total. The van der Waals surface area contributed by atoms with Gasteiger partial charge in [-0.15, -0.1) is 0 Å². The molecule has 190 valence electrons. The van der Waals surface area contributed by atoms with Crippen LogP contribution in [0.3, 0.4) is 0 Å². The highest BCUT2D eigenvalue weighted by molar-refractivity contribution is 5.79. The van der Waals surface area contributed by atoms with Gasteiger partial charge in [-0.2, -0.15) is 5.26 Å². The van der Waals surface area contributed by atoms with Gasteiger partial charge in [-0.3, -0.25) is 4.79 Å². The number of ether oxygens (including phenoxy) is 2. The van der Waals surface area contributed by atoms with Gasteiger partial charge in [0.1, 0.15) is 17.6 Å². The van der Waals surface area contributed by atoms with Gasteiger partial charge in [0, 0.05) is 37.2 Å². The molecule has 1 amide bonds. The standard InChI is InChI=1S/C29H36N4O3/c1-20-18-32(12-13-33(20)27(34)16-21-7-6-10-23(15-21)35-2)29-25(17-30)24-11-14-36-19-26(24)28(31-29)22-8-4-3-5-9-22/h6-7,10,15,20,22H,3-5,8-9,11-14,16,18-19H2,1-2H3. The normalized spacial score (nSPS) is 20.5. The van der Waals surface area contributed by atoms with Crippen LogP contribution in [0.25, 0.3) is 0 Å². The van der Waals surface area contributed by atoms with Crippen LogP contribution in [0.5, 0.6) is 5.75 Å². The molecule has 1 saturated heterocycles. The van der Waals surface area contributed by atoms with Crippen LogP contribution in [0.15, 0.2) is 24.3 Å². The van der Waals surface area contributed by atoms with E-state index in [2.05, 4.69) is 17.9 Å². The highest BCUT2D eigenvalue weighted by Gasteiger charge is 2.33. The summed E-state index contributed by atoms with van der Waals surface area (Å²) >= 11 is 0. The lowest BCUT2D eigenvalue weighted by Gasteiger charge is -2.41. The average Bonchev–Trinajstić information content (AvgIpc) is 2.92. The number of amides is 1. The van der Waals surface area contributed by atoms with E-state index in [1.54, 1.807) is 7.11 Å². The van der Waals surface area contributed by atoms with Crippen LogP contribution in [0.1, 0.15) is 72.9 Å². The van der Waals surface area contributed by atoms with Gasteiger partial charge in [-0.1, -0.05) is 31.4 Å². The molecule has 7 nitrogen and oxygen atoms in total. The minimum atomic E-state index is 0.0303. The molecule has 1 aromatic heterocycles. The Kier molecular flexibility index (Phi) is 7.43. The van der Waals surface area contributed by atoms with Gasteiger partial charge in [0.15, 0.2) is 0 Å². The van der Waals surface area contributed by atoms with Crippen molar-refractivity contribution in [2.75, 3.05) is 38.3 Å². The summed E-state index contributed by atoms with van der Waals surface area (Å²) in [7, 11) is 1.64. The summed E-state index contributed by atoms with van der Waals surface area (Å²) in [6, 6.07) is 10.2. The number of benzene rings is 1. The van der Waals surface area contributed by atoms with Crippen molar-refractivity contribution >= 4 is 11.7 Å². The number of hydrogen-bond acceptors (Lipinski definition) is 6. The smallest absolute Gasteiger partial charge is 0.227 e. The van der Waals surface area contributed by atoms with Gasteiger partial charge < -0.3 is 19.3 Å². The van der Waals surface area contributed by atoms with Gasteiger partial charge >= 0.3 is 0 Å². The molecule has 0 spiro atoms. The van der Waals surface area contributed by atoms with E-state index in [9.17, 15) is 10.1 Å². The number of aromatic nitrogens is 1. The molecule has 1 saturated carbocycles. The second-order valence-corrected chi connectivity index (χ2v) is 10.3. The lowest BCUT2D eigenvalue weighted by atomic mass is 9.82. The third-order valence-corrected chi connectivity index (χ3v) is 8.01. The van der Waals surface area contributed by atoms with Crippen LogP contribution in [-0.2, 0) is 29.0 Å². The Morgan fingerprint density at radius 1 is 1.22 bits per heavy atom. The summed E-state index contributed by atoms with van der Waals surface area (Å²) in [5.41, 5.74) is 5.11. The summed E-state index contributed by atoms with van der Waals surface area (Å²) < 4.78 is 11.1. The number of nitrogens with zero attached hydrogens (tertiary/aromatic N) is 4. The van der Waals surface area contributed by atoms with Crippen LogP contribution >= 0.6 is 0 Å². The number of nitriles is 1. The molecular weight excluding hydrogens is 452 g/mol. The lowest BCUT2D eigenvalue weighted by molar-refractivity contribution is -0.132. The highest BCUT2D eigenvalue weighted by Crippen LogP contribution is 2.39. The summed E-state index contributed by atoms with van der Waals surface area (Å²) in [6.07, 6.45) is 7.21. The molecule has 1 atom stereocenters. The second-order valence-electron chi connectivity index (χ2n) is 10.3. The topological polar surface area (TPSA) is 78.7 Å². The third kappa shape index (κ3) is 4.92. The van der Waals surface area contributed by atoms with E-state index >= 15 is 0 Å². The Labute approximate surface area is 214 Å². The summed E-state index contributed by atoms with van der Waals surface area (Å²) in [6.45, 7) is 5.27. The molecule has 3 heterocycles. The van der Waals surface area contributed by atoms with Crippen LogP contribution in [-0.4, -0.2) is 55.2 Å². The number of fused-ring (bicyclic) bond motifs is 1. The van der Waals surface area contributed by atoms with Gasteiger partial charge in [-0.25, -0.2) is 4.98 Å². The molecule has 1 aliphatic carbocycles. The second kappa shape index (κ2) is 10.9. The zero-order valence-electron chi connectivity index (χ0n) is 21.5. The minimum Gasteiger partial charge on any atom is -0.497 e. The van der Waals surface area contributed by atoms with E-state index in [0.29, 0.717) is 50.8 Å². The number of hydrogen-bond donors (Lipinski definition) is 0. The molecule has 36 heavy (non-hydrogen) atoms. The molecular formula is C29H36N4O3. The van der Waals surface area contributed by atoms with Crippen LogP contribution in [0.4, 0.5) is 5.82 Å². The highest BCUT2D eigenvalue weighted by atomic mass is 16.5. The first-order valence-corrected chi connectivity index (χ1v) is 13.3. The zero-order valence-corrected chi connectivity index (χ0v) is 21.5. The maximum atomic E-state index is 13.2. The number of pyridine rings is 1. The lowest BCUT2D eigenvalue weighted by Crippen LogP contribution is -2.55. The van der Waals surface area contributed by atoms with E-state index in [0.717, 1.165) is 53.2 Å². The molecule has 0 bridgehead atoms. The predicted molar refractivity (Wildman–Crippen MR) is 138 cm³/mol. The Bertz CT molecular complexity index is 1150. The van der Waals surface area contributed by atoms with Crippen molar-refractivity contribution in [3.8, 4) is 11.8 Å². The van der Waals surface area contributed by atoms with Crippen LogP contribution < -0.4 is 9.64 Å². The Morgan fingerprint density at radius 3 is 2.81 bits per heavy atom. The summed E-state index contributed by atoms with van der Waals surface area (Å²) in [5, 5.41) is 10.2. The number of piperazine rings is 1. The number of methoxy groups -OCH3 is 1. The van der Waals surface area contributed by atoms with Crippen LogP contribution in [0, 0.1) is 11.3 Å². The fourth-order valence-corrected chi connectivity index (χ4v) is 6.10. The van der Waals surface area contributed by atoms with Gasteiger partial charge in [0.05, 0.1) is 38.0 Å². The average molecular weight is 489 g/mol. The van der Waals surface area contributed by atoms with E-state index in [-0.39, 0.29) is 11.9 Å².